The van der Waals surface area contributed by atoms with E-state index in [9.17, 15) is 0 Å². The minimum Gasteiger partial charge on any atom is -0.497 e. The van der Waals surface area contributed by atoms with Crippen LogP contribution >= 0.6 is 0 Å². The Hall–Kier alpha value is -1.88. The summed E-state index contributed by atoms with van der Waals surface area (Å²) in [5.41, 5.74) is 0.891. The molecule has 1 fully saturated rings. The number of hydrogen-bond acceptors (Lipinski definition) is 5. The minimum absolute atomic E-state index is 0.358. The molecule has 0 radical (unpaired) electrons. The van der Waals surface area contributed by atoms with E-state index in [2.05, 4.69) is 15.5 Å². The highest BCUT2D eigenvalue weighted by Crippen LogP contribution is 2.26. The number of rotatable bonds is 3. The first kappa shape index (κ1) is 12.2. The first-order valence-electron chi connectivity index (χ1n) is 6.55. The van der Waals surface area contributed by atoms with Gasteiger partial charge >= 0.3 is 0 Å². The lowest BCUT2D eigenvalue weighted by molar-refractivity contribution is 0.392. The van der Waals surface area contributed by atoms with Crippen LogP contribution in [0.15, 0.2) is 28.8 Å². The molecule has 2 aromatic rings. The lowest BCUT2D eigenvalue weighted by Gasteiger charge is -2.19. The predicted octanol–water partition coefficient (Wildman–Crippen LogP) is 2.21. The largest absolute Gasteiger partial charge is 0.497 e. The molecule has 5 nitrogen and oxygen atoms in total. The molecule has 0 amide bonds. The maximum absolute atomic E-state index is 5.36. The Morgan fingerprint density at radius 1 is 1.42 bits per heavy atom. The summed E-state index contributed by atoms with van der Waals surface area (Å²) in [4.78, 5) is 4.51. The van der Waals surface area contributed by atoms with E-state index in [-0.39, 0.29) is 0 Å². The quantitative estimate of drug-likeness (QED) is 0.915. The number of ether oxygens (including phenoxy) is 1. The highest BCUT2D eigenvalue weighted by Gasteiger charge is 2.21. The van der Waals surface area contributed by atoms with Gasteiger partial charge in [-0.25, -0.2) is 0 Å². The maximum Gasteiger partial charge on any atom is 0.258 e. The van der Waals surface area contributed by atoms with E-state index in [0.717, 1.165) is 43.1 Å². The van der Waals surface area contributed by atoms with E-state index in [1.54, 1.807) is 7.11 Å². The molecule has 2 heterocycles. The number of aromatic nitrogens is 2. The van der Waals surface area contributed by atoms with Crippen molar-refractivity contribution < 1.29 is 9.26 Å². The molecule has 0 unspecified atom stereocenters. The van der Waals surface area contributed by atoms with Crippen LogP contribution in [0.5, 0.6) is 5.75 Å². The Morgan fingerprint density at radius 2 is 2.37 bits per heavy atom. The molecule has 1 saturated heterocycles. The van der Waals surface area contributed by atoms with Crippen molar-refractivity contribution in [3.8, 4) is 17.2 Å². The Balaban J connectivity index is 1.83. The van der Waals surface area contributed by atoms with E-state index >= 15 is 0 Å². The van der Waals surface area contributed by atoms with Crippen LogP contribution in [0, 0.1) is 0 Å². The third-order valence-corrected chi connectivity index (χ3v) is 3.42. The van der Waals surface area contributed by atoms with E-state index < -0.39 is 0 Å². The van der Waals surface area contributed by atoms with Gasteiger partial charge in [-0.05, 0) is 37.6 Å². The standard InChI is InChI=1S/C14H17N3O2/c1-18-12-6-2-4-10(8-12)14-16-13(17-19-14)11-5-3-7-15-9-11/h2,4,6,8,11,15H,3,5,7,9H2,1H3/t11-/m0/s1. The van der Waals surface area contributed by atoms with Gasteiger partial charge in [-0.15, -0.1) is 0 Å². The maximum atomic E-state index is 5.36. The topological polar surface area (TPSA) is 60.2 Å². The van der Waals surface area contributed by atoms with E-state index in [0.29, 0.717) is 11.8 Å². The zero-order valence-electron chi connectivity index (χ0n) is 10.9. The third kappa shape index (κ3) is 2.61. The molecule has 1 aromatic carbocycles. The third-order valence-electron chi connectivity index (χ3n) is 3.42. The Morgan fingerprint density at radius 3 is 3.16 bits per heavy atom. The van der Waals surface area contributed by atoms with Crippen molar-refractivity contribution in [3.05, 3.63) is 30.1 Å². The number of hydrogen-bond donors (Lipinski definition) is 1. The average molecular weight is 259 g/mol. The fourth-order valence-electron chi connectivity index (χ4n) is 2.35. The summed E-state index contributed by atoms with van der Waals surface area (Å²) >= 11 is 0. The Bertz CT molecular complexity index is 547. The molecule has 1 aliphatic heterocycles. The van der Waals surface area contributed by atoms with Gasteiger partial charge in [-0.1, -0.05) is 11.2 Å². The second-order valence-corrected chi connectivity index (χ2v) is 4.73. The molecular weight excluding hydrogens is 242 g/mol. The number of piperidine rings is 1. The lowest BCUT2D eigenvalue weighted by Crippen LogP contribution is -2.28. The zero-order valence-corrected chi connectivity index (χ0v) is 10.9. The molecule has 1 N–H and O–H groups in total. The molecule has 0 saturated carbocycles. The highest BCUT2D eigenvalue weighted by atomic mass is 16.5. The Labute approximate surface area is 112 Å². The van der Waals surface area contributed by atoms with E-state index in [1.165, 1.54) is 0 Å². The summed E-state index contributed by atoms with van der Waals surface area (Å²) in [6.07, 6.45) is 2.28. The van der Waals surface area contributed by atoms with Crippen LogP contribution in [-0.2, 0) is 0 Å². The van der Waals surface area contributed by atoms with Crippen LogP contribution < -0.4 is 10.1 Å². The van der Waals surface area contributed by atoms with Gasteiger partial charge in [0.25, 0.3) is 5.89 Å². The summed E-state index contributed by atoms with van der Waals surface area (Å²) in [6.45, 7) is 2.01. The van der Waals surface area contributed by atoms with E-state index in [4.69, 9.17) is 9.26 Å². The van der Waals surface area contributed by atoms with Crippen molar-refractivity contribution in [2.45, 2.75) is 18.8 Å². The van der Waals surface area contributed by atoms with Gasteiger partial charge in [0.15, 0.2) is 5.82 Å². The first-order valence-corrected chi connectivity index (χ1v) is 6.55. The van der Waals surface area contributed by atoms with Gasteiger partial charge in [0.2, 0.25) is 0 Å². The zero-order chi connectivity index (χ0) is 13.1. The molecular formula is C14H17N3O2. The van der Waals surface area contributed by atoms with Crippen LogP contribution in [0.25, 0.3) is 11.5 Å². The van der Waals surface area contributed by atoms with Crippen LogP contribution in [-0.4, -0.2) is 30.3 Å². The molecule has 100 valence electrons. The molecule has 0 bridgehead atoms. The van der Waals surface area contributed by atoms with Crippen LogP contribution in [0.4, 0.5) is 0 Å². The van der Waals surface area contributed by atoms with Crippen molar-refractivity contribution >= 4 is 0 Å². The number of benzene rings is 1. The normalized spacial score (nSPS) is 19.3. The molecule has 1 aromatic heterocycles. The van der Waals surface area contributed by atoms with Crippen molar-refractivity contribution in [1.82, 2.24) is 15.5 Å². The van der Waals surface area contributed by atoms with Crippen molar-refractivity contribution in [1.29, 1.82) is 0 Å². The second-order valence-electron chi connectivity index (χ2n) is 4.73. The fraction of sp³-hybridized carbons (Fsp3) is 0.429. The lowest BCUT2D eigenvalue weighted by atomic mass is 9.99. The molecule has 0 spiro atoms. The average Bonchev–Trinajstić information content (AvgIpc) is 2.98. The summed E-state index contributed by atoms with van der Waals surface area (Å²) in [7, 11) is 1.64. The molecule has 5 heteroatoms. The summed E-state index contributed by atoms with van der Waals surface area (Å²) in [6, 6.07) is 7.65. The van der Waals surface area contributed by atoms with Crippen molar-refractivity contribution in [3.63, 3.8) is 0 Å². The van der Waals surface area contributed by atoms with Crippen LogP contribution in [0.2, 0.25) is 0 Å². The molecule has 19 heavy (non-hydrogen) atoms. The molecule has 3 rings (SSSR count). The van der Waals surface area contributed by atoms with Gasteiger partial charge in [-0.3, -0.25) is 0 Å². The number of methoxy groups -OCH3 is 1. The monoisotopic (exact) mass is 259 g/mol. The first-order chi connectivity index (χ1) is 9.36. The predicted molar refractivity (Wildman–Crippen MR) is 71.1 cm³/mol. The van der Waals surface area contributed by atoms with Crippen LogP contribution in [0.3, 0.4) is 0 Å². The smallest absolute Gasteiger partial charge is 0.258 e. The van der Waals surface area contributed by atoms with Gasteiger partial charge in [0.1, 0.15) is 5.75 Å². The van der Waals surface area contributed by atoms with E-state index in [1.807, 2.05) is 24.3 Å². The minimum atomic E-state index is 0.358. The van der Waals surface area contributed by atoms with Crippen molar-refractivity contribution in [2.24, 2.45) is 0 Å². The fourth-order valence-corrected chi connectivity index (χ4v) is 2.35. The molecule has 1 aliphatic rings. The summed E-state index contributed by atoms with van der Waals surface area (Å²) in [5, 5.41) is 7.46. The molecule has 0 aliphatic carbocycles. The van der Waals surface area contributed by atoms with Gasteiger partial charge in [-0.2, -0.15) is 4.98 Å². The van der Waals surface area contributed by atoms with Crippen molar-refractivity contribution in [2.75, 3.05) is 20.2 Å². The number of nitrogens with one attached hydrogen (secondary N) is 1. The van der Waals surface area contributed by atoms with Gasteiger partial charge < -0.3 is 14.6 Å². The highest BCUT2D eigenvalue weighted by molar-refractivity contribution is 5.55. The van der Waals surface area contributed by atoms with Gasteiger partial charge in [0, 0.05) is 18.0 Å². The number of nitrogens with zero attached hydrogens (tertiary/aromatic N) is 2. The van der Waals surface area contributed by atoms with Gasteiger partial charge in [0.05, 0.1) is 7.11 Å². The second kappa shape index (κ2) is 5.40. The SMILES string of the molecule is COc1cccc(-c2nc([C@H]3CCCNC3)no2)c1. The summed E-state index contributed by atoms with van der Waals surface area (Å²) < 4.78 is 10.6. The molecule has 1 atom stereocenters. The van der Waals surface area contributed by atoms with Crippen LogP contribution in [0.1, 0.15) is 24.6 Å². The Kier molecular flexibility index (Phi) is 3.46. The summed E-state index contributed by atoms with van der Waals surface area (Å²) in [5.74, 6) is 2.50.